The van der Waals surface area contributed by atoms with E-state index in [0.717, 1.165) is 42.8 Å². The lowest BCUT2D eigenvalue weighted by atomic mass is 10.0. The molecule has 0 unspecified atom stereocenters. The molecular weight excluding hydrogens is 459 g/mol. The molecule has 2 heterocycles. The van der Waals surface area contributed by atoms with E-state index in [1.54, 1.807) is 35.0 Å². The maximum Gasteiger partial charge on any atom is 0.286 e. The molecular formula is C25H26Cl2N4O2. The number of hydrazine groups is 1. The molecule has 1 aliphatic heterocycles. The summed E-state index contributed by atoms with van der Waals surface area (Å²) in [7, 11) is 0. The number of benzene rings is 2. The molecule has 0 radical (unpaired) electrons. The first-order valence-electron chi connectivity index (χ1n) is 11.1. The molecule has 0 spiro atoms. The van der Waals surface area contributed by atoms with Gasteiger partial charge in [-0.2, -0.15) is 5.10 Å². The third-order valence-corrected chi connectivity index (χ3v) is 6.43. The average Bonchev–Trinajstić information content (AvgIpc) is 3.16. The molecule has 8 heteroatoms. The molecule has 1 aliphatic rings. The largest absolute Gasteiger partial charge is 0.294 e. The minimum Gasteiger partial charge on any atom is -0.294 e. The number of piperidine rings is 1. The number of hydrogen-bond acceptors (Lipinski definition) is 4. The fraction of sp³-hybridized carbons (Fsp3) is 0.320. The molecule has 1 saturated heterocycles. The van der Waals surface area contributed by atoms with Gasteiger partial charge in [-0.15, -0.1) is 0 Å². The number of carbonyl (C=O) groups excluding carboxylic acids is 2. The number of halogens is 2. The lowest BCUT2D eigenvalue weighted by Gasteiger charge is -2.26. The van der Waals surface area contributed by atoms with Crippen LogP contribution in [0, 0.1) is 6.92 Å². The molecule has 0 atom stereocenters. The molecule has 1 aromatic heterocycles. The second-order valence-electron chi connectivity index (χ2n) is 8.17. The number of nitrogens with one attached hydrogen (secondary N) is 1. The number of Topliss-reactive ketones (excluding diaryl/α,β-unsaturated/α-hetero) is 1. The smallest absolute Gasteiger partial charge is 0.286 e. The van der Waals surface area contributed by atoms with Crippen molar-refractivity contribution in [3.05, 3.63) is 69.3 Å². The molecule has 0 saturated carbocycles. The maximum atomic E-state index is 13.2. The van der Waals surface area contributed by atoms with Gasteiger partial charge >= 0.3 is 0 Å². The Bertz CT molecular complexity index is 1180. The van der Waals surface area contributed by atoms with Crippen molar-refractivity contribution in [2.24, 2.45) is 0 Å². The summed E-state index contributed by atoms with van der Waals surface area (Å²) in [5, 5.41) is 7.56. The number of rotatable bonds is 6. The molecule has 6 nitrogen and oxygen atoms in total. The SMILES string of the molecule is CCC(=O)c1ccc(-c2c(C)c(C(=O)NN3CCCCC3)nn2-c2ccc(Cl)cc2Cl)cc1. The topological polar surface area (TPSA) is 67.2 Å². The van der Waals surface area contributed by atoms with Gasteiger partial charge in [-0.3, -0.25) is 15.0 Å². The molecule has 4 rings (SSSR count). The van der Waals surface area contributed by atoms with Crippen LogP contribution in [-0.2, 0) is 0 Å². The highest BCUT2D eigenvalue weighted by molar-refractivity contribution is 6.35. The van der Waals surface area contributed by atoms with Crippen molar-refractivity contribution < 1.29 is 9.59 Å². The summed E-state index contributed by atoms with van der Waals surface area (Å²) in [5.74, 6) is -0.175. The van der Waals surface area contributed by atoms with E-state index in [9.17, 15) is 9.59 Å². The number of ketones is 1. The summed E-state index contributed by atoms with van der Waals surface area (Å²) in [6, 6.07) is 12.5. The van der Waals surface area contributed by atoms with Crippen molar-refractivity contribution >= 4 is 34.9 Å². The van der Waals surface area contributed by atoms with Crippen molar-refractivity contribution in [1.29, 1.82) is 0 Å². The second-order valence-corrected chi connectivity index (χ2v) is 9.02. The Morgan fingerprint density at radius 2 is 1.73 bits per heavy atom. The molecule has 33 heavy (non-hydrogen) atoms. The van der Waals surface area contributed by atoms with E-state index in [0.29, 0.717) is 33.4 Å². The highest BCUT2D eigenvalue weighted by atomic mass is 35.5. The Labute approximate surface area is 203 Å². The van der Waals surface area contributed by atoms with Gasteiger partial charge in [-0.25, -0.2) is 9.69 Å². The van der Waals surface area contributed by atoms with Crippen LogP contribution in [0.4, 0.5) is 0 Å². The van der Waals surface area contributed by atoms with E-state index >= 15 is 0 Å². The molecule has 2 aromatic carbocycles. The van der Waals surface area contributed by atoms with Gasteiger partial charge < -0.3 is 0 Å². The first-order valence-corrected chi connectivity index (χ1v) is 11.9. The van der Waals surface area contributed by atoms with Crippen LogP contribution in [0.2, 0.25) is 10.0 Å². The van der Waals surface area contributed by atoms with Crippen LogP contribution in [0.15, 0.2) is 42.5 Å². The fourth-order valence-electron chi connectivity index (χ4n) is 4.10. The van der Waals surface area contributed by atoms with Gasteiger partial charge in [-0.1, -0.05) is 60.8 Å². The Kier molecular flexibility index (Phi) is 7.17. The molecule has 1 fully saturated rings. The summed E-state index contributed by atoms with van der Waals surface area (Å²) in [4.78, 5) is 25.2. The Morgan fingerprint density at radius 3 is 2.36 bits per heavy atom. The van der Waals surface area contributed by atoms with Gasteiger partial charge in [0.25, 0.3) is 5.91 Å². The zero-order valence-electron chi connectivity index (χ0n) is 18.7. The van der Waals surface area contributed by atoms with Crippen molar-refractivity contribution in [3.63, 3.8) is 0 Å². The Hall–Kier alpha value is -2.67. The van der Waals surface area contributed by atoms with Crippen molar-refractivity contribution in [3.8, 4) is 16.9 Å². The average molecular weight is 485 g/mol. The molecule has 1 N–H and O–H groups in total. The summed E-state index contributed by atoms with van der Waals surface area (Å²) in [6.45, 7) is 5.37. The second kappa shape index (κ2) is 10.1. The normalized spacial score (nSPS) is 14.3. The molecule has 1 amide bonds. The zero-order chi connectivity index (χ0) is 23.5. The summed E-state index contributed by atoms with van der Waals surface area (Å²) < 4.78 is 1.68. The first kappa shape index (κ1) is 23.5. The Balaban J connectivity index is 1.79. The molecule has 3 aromatic rings. The van der Waals surface area contributed by atoms with Crippen molar-refractivity contribution in [2.75, 3.05) is 13.1 Å². The van der Waals surface area contributed by atoms with Gasteiger partial charge in [0.15, 0.2) is 11.5 Å². The summed E-state index contributed by atoms with van der Waals surface area (Å²) in [6.07, 6.45) is 3.73. The highest BCUT2D eigenvalue weighted by Gasteiger charge is 2.25. The maximum absolute atomic E-state index is 13.2. The quantitative estimate of drug-likeness (QED) is 0.443. The molecule has 172 valence electrons. The van der Waals surface area contributed by atoms with Gasteiger partial charge in [0.2, 0.25) is 0 Å². The Morgan fingerprint density at radius 1 is 1.03 bits per heavy atom. The van der Waals surface area contributed by atoms with Crippen LogP contribution < -0.4 is 5.43 Å². The van der Waals surface area contributed by atoms with E-state index in [1.807, 2.05) is 31.0 Å². The predicted molar refractivity (Wildman–Crippen MR) is 131 cm³/mol. The van der Waals surface area contributed by atoms with Gasteiger partial charge in [-0.05, 0) is 38.0 Å². The van der Waals surface area contributed by atoms with Crippen molar-refractivity contribution in [1.82, 2.24) is 20.2 Å². The predicted octanol–water partition coefficient (Wildman–Crippen LogP) is 5.88. The van der Waals surface area contributed by atoms with E-state index in [1.165, 1.54) is 6.42 Å². The van der Waals surface area contributed by atoms with Gasteiger partial charge in [0.05, 0.1) is 16.4 Å². The standard InChI is InChI=1S/C25H26Cl2N4O2/c1-3-22(32)17-7-9-18(10-8-17)24-16(2)23(25(33)29-30-13-5-4-6-14-30)28-31(24)21-12-11-19(26)15-20(21)27/h7-12,15H,3-6,13-14H2,1-2H3,(H,29,33). The third kappa shape index (κ3) is 4.98. The number of nitrogens with zero attached hydrogens (tertiary/aromatic N) is 3. The minimum atomic E-state index is -0.253. The number of amides is 1. The third-order valence-electron chi connectivity index (χ3n) is 5.89. The first-order chi connectivity index (χ1) is 15.9. The fourth-order valence-corrected chi connectivity index (χ4v) is 4.59. The van der Waals surface area contributed by atoms with Crippen LogP contribution in [0.25, 0.3) is 16.9 Å². The van der Waals surface area contributed by atoms with Gasteiger partial charge in [0, 0.05) is 41.2 Å². The lowest BCUT2D eigenvalue weighted by Crippen LogP contribution is -2.45. The molecule has 0 bridgehead atoms. The van der Waals surface area contributed by atoms with E-state index < -0.39 is 0 Å². The van der Waals surface area contributed by atoms with Crippen LogP contribution in [0.5, 0.6) is 0 Å². The number of aromatic nitrogens is 2. The minimum absolute atomic E-state index is 0.0779. The van der Waals surface area contributed by atoms with E-state index in [4.69, 9.17) is 23.2 Å². The summed E-state index contributed by atoms with van der Waals surface area (Å²) in [5.41, 5.74) is 6.88. The zero-order valence-corrected chi connectivity index (χ0v) is 20.2. The van der Waals surface area contributed by atoms with Gasteiger partial charge in [0.1, 0.15) is 0 Å². The van der Waals surface area contributed by atoms with E-state index in [2.05, 4.69) is 10.5 Å². The monoisotopic (exact) mass is 484 g/mol. The number of carbonyl (C=O) groups is 2. The number of hydrogen-bond donors (Lipinski definition) is 1. The van der Waals surface area contributed by atoms with Crippen LogP contribution in [-0.4, -0.2) is 39.6 Å². The lowest BCUT2D eigenvalue weighted by molar-refractivity contribution is 0.0743. The van der Waals surface area contributed by atoms with Crippen LogP contribution >= 0.6 is 23.2 Å². The van der Waals surface area contributed by atoms with Crippen LogP contribution in [0.3, 0.4) is 0 Å². The van der Waals surface area contributed by atoms with E-state index in [-0.39, 0.29) is 11.7 Å². The van der Waals surface area contributed by atoms with Crippen LogP contribution in [0.1, 0.15) is 59.0 Å². The highest BCUT2D eigenvalue weighted by Crippen LogP contribution is 2.33. The van der Waals surface area contributed by atoms with Crippen molar-refractivity contribution in [2.45, 2.75) is 39.5 Å². The summed E-state index contributed by atoms with van der Waals surface area (Å²) >= 11 is 12.6. The molecule has 0 aliphatic carbocycles.